The number of rotatable bonds is 12. The van der Waals surface area contributed by atoms with Crippen LogP contribution in [0.3, 0.4) is 0 Å². The molecule has 3 aromatic carbocycles. The van der Waals surface area contributed by atoms with Gasteiger partial charge in [-0.15, -0.1) is 0 Å². The van der Waals surface area contributed by atoms with E-state index in [-0.39, 0.29) is 63.7 Å². The summed E-state index contributed by atoms with van der Waals surface area (Å²) >= 11 is 0. The quantitative estimate of drug-likeness (QED) is 0.0978. The lowest BCUT2D eigenvalue weighted by molar-refractivity contribution is -0.141. The largest absolute Gasteiger partial charge is 0.360 e. The highest BCUT2D eigenvalue weighted by molar-refractivity contribution is 6.45. The van der Waals surface area contributed by atoms with Crippen molar-refractivity contribution in [1.29, 1.82) is 0 Å². The zero-order chi connectivity index (χ0) is 43.4. The normalized spacial score (nSPS) is 26.1. The van der Waals surface area contributed by atoms with E-state index in [4.69, 9.17) is 0 Å². The molecule has 0 spiro atoms. The van der Waals surface area contributed by atoms with Gasteiger partial charge in [0.1, 0.15) is 17.4 Å². The zero-order valence-corrected chi connectivity index (χ0v) is 36.4. The van der Waals surface area contributed by atoms with Gasteiger partial charge < -0.3 is 20.5 Å². The van der Waals surface area contributed by atoms with Gasteiger partial charge in [0, 0.05) is 52.6 Å². The lowest BCUT2D eigenvalue weighted by Crippen LogP contribution is -2.53. The molecule has 0 saturated heterocycles. The third kappa shape index (κ3) is 9.57. The van der Waals surface area contributed by atoms with E-state index in [1.54, 1.807) is 31.3 Å². The predicted octanol–water partition coefficient (Wildman–Crippen LogP) is 8.37. The highest BCUT2D eigenvalue weighted by Gasteiger charge is 2.50. The van der Waals surface area contributed by atoms with Gasteiger partial charge in [-0.2, -0.15) is 0 Å². The third-order valence-corrected chi connectivity index (χ3v) is 14.5. The molecule has 0 radical (unpaired) electrons. The van der Waals surface area contributed by atoms with Crippen LogP contribution in [-0.2, 0) is 26.3 Å². The number of H-pyrrole nitrogens is 1. The molecule has 4 aromatic rings. The van der Waals surface area contributed by atoms with Crippen molar-refractivity contribution < 1.29 is 28.0 Å². The Kier molecular flexibility index (Phi) is 13.8. The molecule has 9 nitrogen and oxygen atoms in total. The molecule has 322 valence electrons. The number of hydrogen-bond acceptors (Lipinski definition) is 6. The van der Waals surface area contributed by atoms with Crippen molar-refractivity contribution in [3.05, 3.63) is 107 Å². The monoisotopic (exact) mass is 823 g/mol. The molecule has 3 aliphatic rings. The van der Waals surface area contributed by atoms with Crippen LogP contribution in [0, 0.1) is 28.9 Å². The minimum atomic E-state index is -0.576. The van der Waals surface area contributed by atoms with Crippen LogP contribution < -0.4 is 10.6 Å². The molecule has 1 heterocycles. The molecule has 3 saturated carbocycles. The summed E-state index contributed by atoms with van der Waals surface area (Å²) in [6.07, 6.45) is 10.3. The van der Waals surface area contributed by atoms with Crippen LogP contribution in [0.15, 0.2) is 79.0 Å². The molecule has 0 bridgehead atoms. The van der Waals surface area contributed by atoms with Crippen LogP contribution >= 0.6 is 0 Å². The second kappa shape index (κ2) is 18.5. The fourth-order valence-corrected chi connectivity index (χ4v) is 10.3. The van der Waals surface area contributed by atoms with Crippen LogP contribution in [0.25, 0.3) is 10.9 Å². The van der Waals surface area contributed by atoms with Gasteiger partial charge >= 0.3 is 0 Å². The number of Topliss-reactive ketones (excluding diaryl/α,β-unsaturated/α-hetero) is 2. The van der Waals surface area contributed by atoms with Crippen LogP contribution in [0.1, 0.15) is 106 Å². The number of para-hydroxylation sites is 1. The molecule has 3 fully saturated rings. The Morgan fingerprint density at radius 3 is 2.03 bits per heavy atom. The number of carbonyl (C=O) groups is 4. The second-order valence-corrected chi connectivity index (χ2v) is 18.6. The fourth-order valence-electron chi connectivity index (χ4n) is 10.3. The van der Waals surface area contributed by atoms with E-state index in [1.807, 2.05) is 56.6 Å². The van der Waals surface area contributed by atoms with E-state index in [0.717, 1.165) is 79.8 Å². The lowest BCUT2D eigenvalue weighted by atomic mass is 9.52. The van der Waals surface area contributed by atoms with Crippen molar-refractivity contribution in [1.82, 2.24) is 25.4 Å². The second-order valence-electron chi connectivity index (χ2n) is 18.6. The number of carbonyl (C=O) groups excluding carboxylic acids is 4. The van der Waals surface area contributed by atoms with Crippen LogP contribution in [-0.4, -0.2) is 84.0 Å². The van der Waals surface area contributed by atoms with Crippen LogP contribution in [0.4, 0.5) is 8.78 Å². The van der Waals surface area contributed by atoms with Gasteiger partial charge in [-0.1, -0.05) is 62.4 Å². The van der Waals surface area contributed by atoms with Crippen molar-refractivity contribution in [3.8, 4) is 0 Å². The molecule has 11 heteroatoms. The van der Waals surface area contributed by atoms with E-state index >= 15 is 0 Å². The Morgan fingerprint density at radius 1 is 0.783 bits per heavy atom. The maximum absolute atomic E-state index is 14.2. The summed E-state index contributed by atoms with van der Waals surface area (Å²) in [5.41, 5.74) is 2.50. The molecule has 3 aliphatic carbocycles. The Bertz CT molecular complexity index is 2160. The molecule has 1 aromatic heterocycles. The van der Waals surface area contributed by atoms with Crippen molar-refractivity contribution in [2.24, 2.45) is 17.3 Å². The number of nitrogens with one attached hydrogen (secondary N) is 3. The number of amides is 2. The highest BCUT2D eigenvalue weighted by atomic mass is 19.1. The van der Waals surface area contributed by atoms with Gasteiger partial charge in [0.15, 0.2) is 0 Å². The number of fused-ring (bicyclic) bond motifs is 1. The van der Waals surface area contributed by atoms with Gasteiger partial charge in [0.05, 0.1) is 5.56 Å². The zero-order valence-electron chi connectivity index (χ0n) is 36.4. The van der Waals surface area contributed by atoms with Gasteiger partial charge in [-0.25, -0.2) is 8.78 Å². The molecule has 2 unspecified atom stereocenters. The molecular weight excluding hydrogens is 761 g/mol. The van der Waals surface area contributed by atoms with Gasteiger partial charge in [-0.05, 0) is 146 Å². The smallest absolute Gasteiger partial charge is 0.292 e. The topological polar surface area (TPSA) is 115 Å². The van der Waals surface area contributed by atoms with Gasteiger partial charge in [0.25, 0.3) is 11.7 Å². The first-order chi connectivity index (χ1) is 28.5. The first-order valence-electron chi connectivity index (χ1n) is 21.5. The van der Waals surface area contributed by atoms with Crippen molar-refractivity contribution in [2.45, 2.75) is 115 Å². The Morgan fingerprint density at radius 2 is 1.42 bits per heavy atom. The first-order valence-corrected chi connectivity index (χ1v) is 21.5. The summed E-state index contributed by atoms with van der Waals surface area (Å²) in [5.74, 6) is -0.782. The van der Waals surface area contributed by atoms with E-state index in [2.05, 4.69) is 53.4 Å². The summed E-state index contributed by atoms with van der Waals surface area (Å²) in [6, 6.07) is 21.3. The number of aromatic nitrogens is 1. The Labute approximate surface area is 354 Å². The van der Waals surface area contributed by atoms with E-state index in [1.165, 1.54) is 12.1 Å². The predicted molar refractivity (Wildman–Crippen MR) is 232 cm³/mol. The fraction of sp³-hybridized carbons (Fsp3) is 0.510. The van der Waals surface area contributed by atoms with E-state index < -0.39 is 11.7 Å². The summed E-state index contributed by atoms with van der Waals surface area (Å²) in [6.45, 7) is 5.87. The molecule has 0 aliphatic heterocycles. The van der Waals surface area contributed by atoms with Crippen molar-refractivity contribution in [2.75, 3.05) is 28.2 Å². The number of benzene rings is 3. The maximum Gasteiger partial charge on any atom is 0.292 e. The number of ketones is 2. The SMILES string of the molecule is CC(=O)C1CC(CC(=O)NC2CCC(Cc3ccccc3F)(N(C)C)CC2)C1(C)C.CN(C)C1(c2cccc(F)c2)CCC(NC(=O)C(=O)c2c[nH]c3ccccc23)CC1. The maximum atomic E-state index is 14.2. The third-order valence-electron chi connectivity index (χ3n) is 14.5. The summed E-state index contributed by atoms with van der Waals surface area (Å²) < 4.78 is 28.1. The molecular formula is C49H63F2N5O4. The molecule has 7 rings (SSSR count). The molecule has 60 heavy (non-hydrogen) atoms. The van der Waals surface area contributed by atoms with Crippen LogP contribution in [0.2, 0.25) is 0 Å². The van der Waals surface area contributed by atoms with Crippen LogP contribution in [0.5, 0.6) is 0 Å². The summed E-state index contributed by atoms with van der Waals surface area (Å²) in [4.78, 5) is 57.1. The Balaban J connectivity index is 0.000000201. The molecule has 2 atom stereocenters. The number of halogens is 2. The molecule has 2 amide bonds. The minimum Gasteiger partial charge on any atom is -0.360 e. The van der Waals surface area contributed by atoms with E-state index in [0.29, 0.717) is 18.4 Å². The van der Waals surface area contributed by atoms with Crippen molar-refractivity contribution >= 4 is 34.3 Å². The summed E-state index contributed by atoms with van der Waals surface area (Å²) in [5, 5.41) is 6.90. The summed E-state index contributed by atoms with van der Waals surface area (Å²) in [7, 11) is 8.16. The number of aromatic amines is 1. The standard InChI is InChI=1S/C25H37FN2O2.C24H26FN3O2/c1-17(29)21-14-19(24(21,2)3)15-23(30)27-20-10-12-25(13-11-20,28(4)5)16-18-8-6-7-9-22(18)26;1-28(2)24(16-6-5-7-17(25)14-16)12-10-18(11-13-24)27-23(30)22(29)20-15-26-21-9-4-3-8-19(20)21/h6-9,19-21H,10-16H2,1-5H3,(H,27,30);3-9,14-15,18,26H,10-13H2,1-2H3,(H,27,30). The average Bonchev–Trinajstić information content (AvgIpc) is 3.65. The average molecular weight is 824 g/mol. The molecule has 3 N–H and O–H groups in total. The number of hydrogen-bond donors (Lipinski definition) is 3. The van der Waals surface area contributed by atoms with Gasteiger partial charge in [0.2, 0.25) is 5.91 Å². The highest BCUT2D eigenvalue weighted by Crippen LogP contribution is 2.53. The van der Waals surface area contributed by atoms with Gasteiger partial charge in [-0.3, -0.25) is 24.1 Å². The lowest BCUT2D eigenvalue weighted by Gasteiger charge is -2.51. The number of nitrogens with zero attached hydrogens (tertiary/aromatic N) is 2. The minimum absolute atomic E-state index is 0.0753. The first kappa shape index (κ1) is 44.8. The van der Waals surface area contributed by atoms with Crippen molar-refractivity contribution in [3.63, 3.8) is 0 Å². The van der Waals surface area contributed by atoms with E-state index in [9.17, 15) is 28.0 Å². The number of likely N-dealkylation sites (N-methyl/N-ethyl adjacent to an activating group) is 1. The Hall–Kier alpha value is -4.74.